The van der Waals surface area contributed by atoms with Crippen LogP contribution in [0.15, 0.2) is 42.5 Å². The number of anilines is 2. The third kappa shape index (κ3) is 3.78. The maximum Gasteiger partial charge on any atom is 0.254 e. The quantitative estimate of drug-likeness (QED) is 0.766. The molecule has 1 aliphatic heterocycles. The van der Waals surface area contributed by atoms with E-state index in [0.717, 1.165) is 0 Å². The molecular formula is C18H16ClN3O4. The van der Waals surface area contributed by atoms with Gasteiger partial charge < -0.3 is 20.7 Å². The zero-order valence-electron chi connectivity index (χ0n) is 13.8. The molecule has 2 aromatic rings. The van der Waals surface area contributed by atoms with E-state index < -0.39 is 23.8 Å². The SMILES string of the molecule is COc1ccc(Cl)cc1NC(=O)CC1NC(=O)c2ccccc2NC1=O. The second-order valence-electron chi connectivity index (χ2n) is 5.66. The molecule has 1 aliphatic rings. The summed E-state index contributed by atoms with van der Waals surface area (Å²) >= 11 is 5.94. The Morgan fingerprint density at radius 3 is 2.77 bits per heavy atom. The van der Waals surface area contributed by atoms with Gasteiger partial charge in [-0.1, -0.05) is 23.7 Å². The number of ether oxygens (including phenoxy) is 1. The lowest BCUT2D eigenvalue weighted by Crippen LogP contribution is -2.43. The van der Waals surface area contributed by atoms with Crippen molar-refractivity contribution in [2.24, 2.45) is 0 Å². The minimum absolute atomic E-state index is 0.235. The number of carbonyl (C=O) groups is 3. The molecule has 26 heavy (non-hydrogen) atoms. The van der Waals surface area contributed by atoms with Gasteiger partial charge in [-0.25, -0.2) is 0 Å². The van der Waals surface area contributed by atoms with Gasteiger partial charge in [0.2, 0.25) is 11.8 Å². The number of carbonyl (C=O) groups excluding carboxylic acids is 3. The smallest absolute Gasteiger partial charge is 0.254 e. The van der Waals surface area contributed by atoms with E-state index in [-0.39, 0.29) is 6.42 Å². The highest BCUT2D eigenvalue weighted by molar-refractivity contribution is 6.31. The van der Waals surface area contributed by atoms with E-state index in [0.29, 0.717) is 27.7 Å². The molecule has 0 radical (unpaired) electrons. The summed E-state index contributed by atoms with van der Waals surface area (Å²) in [5.41, 5.74) is 1.14. The topological polar surface area (TPSA) is 96.5 Å². The Morgan fingerprint density at radius 1 is 1.23 bits per heavy atom. The number of halogens is 1. The van der Waals surface area contributed by atoms with Gasteiger partial charge in [-0.15, -0.1) is 0 Å². The molecular weight excluding hydrogens is 358 g/mol. The zero-order chi connectivity index (χ0) is 18.7. The third-order valence-electron chi connectivity index (χ3n) is 3.88. The van der Waals surface area contributed by atoms with Crippen molar-refractivity contribution >= 4 is 40.7 Å². The van der Waals surface area contributed by atoms with E-state index in [2.05, 4.69) is 16.0 Å². The molecule has 0 fully saturated rings. The summed E-state index contributed by atoms with van der Waals surface area (Å²) in [5, 5.41) is 8.30. The Kier molecular flexibility index (Phi) is 5.09. The molecule has 3 N–H and O–H groups in total. The van der Waals surface area contributed by atoms with Gasteiger partial charge in [0.1, 0.15) is 11.8 Å². The molecule has 1 atom stereocenters. The Balaban J connectivity index is 1.73. The number of benzene rings is 2. The van der Waals surface area contributed by atoms with Crippen LogP contribution < -0.4 is 20.7 Å². The summed E-state index contributed by atoms with van der Waals surface area (Å²) in [4.78, 5) is 37.0. The van der Waals surface area contributed by atoms with Crippen molar-refractivity contribution in [1.29, 1.82) is 0 Å². The Hall–Kier alpha value is -3.06. The van der Waals surface area contributed by atoms with Gasteiger partial charge in [-0.3, -0.25) is 14.4 Å². The number of hydrogen-bond donors (Lipinski definition) is 3. The average molecular weight is 374 g/mol. The fourth-order valence-electron chi connectivity index (χ4n) is 2.62. The maximum atomic E-state index is 12.4. The first kappa shape index (κ1) is 17.8. The number of rotatable bonds is 4. The van der Waals surface area contributed by atoms with Gasteiger partial charge in [0.25, 0.3) is 5.91 Å². The van der Waals surface area contributed by atoms with E-state index in [9.17, 15) is 14.4 Å². The second kappa shape index (κ2) is 7.45. The molecule has 0 spiro atoms. The van der Waals surface area contributed by atoms with E-state index in [1.54, 1.807) is 42.5 Å². The van der Waals surface area contributed by atoms with Crippen molar-refractivity contribution in [3.8, 4) is 5.75 Å². The number of para-hydroxylation sites is 1. The Morgan fingerprint density at radius 2 is 2.00 bits per heavy atom. The van der Waals surface area contributed by atoms with Crippen LogP contribution in [-0.2, 0) is 9.59 Å². The summed E-state index contributed by atoms with van der Waals surface area (Å²) < 4.78 is 5.17. The Labute approximate surface area is 154 Å². The van der Waals surface area contributed by atoms with Crippen LogP contribution in [-0.4, -0.2) is 30.9 Å². The molecule has 0 aromatic heterocycles. The fourth-order valence-corrected chi connectivity index (χ4v) is 2.79. The molecule has 0 saturated heterocycles. The average Bonchev–Trinajstić information content (AvgIpc) is 2.72. The number of amides is 3. The first-order chi connectivity index (χ1) is 12.5. The lowest BCUT2D eigenvalue weighted by atomic mass is 10.1. The van der Waals surface area contributed by atoms with Gasteiger partial charge in [0, 0.05) is 5.02 Å². The van der Waals surface area contributed by atoms with Gasteiger partial charge in [-0.2, -0.15) is 0 Å². The predicted octanol–water partition coefficient (Wildman–Crippen LogP) is 2.43. The molecule has 0 aliphatic carbocycles. The van der Waals surface area contributed by atoms with Crippen molar-refractivity contribution in [1.82, 2.24) is 5.32 Å². The van der Waals surface area contributed by atoms with Gasteiger partial charge >= 0.3 is 0 Å². The highest BCUT2D eigenvalue weighted by Crippen LogP contribution is 2.28. The molecule has 134 valence electrons. The normalized spacial score (nSPS) is 16.0. The van der Waals surface area contributed by atoms with Crippen molar-refractivity contribution in [2.45, 2.75) is 12.5 Å². The van der Waals surface area contributed by atoms with E-state index >= 15 is 0 Å². The molecule has 8 heteroatoms. The van der Waals surface area contributed by atoms with Crippen LogP contribution >= 0.6 is 11.6 Å². The van der Waals surface area contributed by atoms with Crippen LogP contribution in [0.2, 0.25) is 5.02 Å². The van der Waals surface area contributed by atoms with Gasteiger partial charge in [0.05, 0.1) is 30.5 Å². The number of fused-ring (bicyclic) bond motifs is 1. The monoisotopic (exact) mass is 373 g/mol. The van der Waals surface area contributed by atoms with E-state index in [4.69, 9.17) is 16.3 Å². The largest absolute Gasteiger partial charge is 0.495 e. The molecule has 7 nitrogen and oxygen atoms in total. The molecule has 3 amide bonds. The predicted molar refractivity (Wildman–Crippen MR) is 97.6 cm³/mol. The first-order valence-corrected chi connectivity index (χ1v) is 8.20. The third-order valence-corrected chi connectivity index (χ3v) is 4.11. The molecule has 1 unspecified atom stereocenters. The van der Waals surface area contributed by atoms with Crippen LogP contribution in [0.1, 0.15) is 16.8 Å². The fraction of sp³-hybridized carbons (Fsp3) is 0.167. The number of methoxy groups -OCH3 is 1. The van der Waals surface area contributed by atoms with Crippen molar-refractivity contribution in [3.63, 3.8) is 0 Å². The number of hydrogen-bond acceptors (Lipinski definition) is 4. The minimum atomic E-state index is -1.000. The van der Waals surface area contributed by atoms with Crippen LogP contribution in [0.3, 0.4) is 0 Å². The molecule has 0 saturated carbocycles. The lowest BCUT2D eigenvalue weighted by Gasteiger charge is -2.15. The van der Waals surface area contributed by atoms with Crippen molar-refractivity contribution in [3.05, 3.63) is 53.1 Å². The summed E-state index contributed by atoms with van der Waals surface area (Å²) in [6.45, 7) is 0. The van der Waals surface area contributed by atoms with Gasteiger partial charge in [-0.05, 0) is 30.3 Å². The van der Waals surface area contributed by atoms with Crippen LogP contribution in [0.25, 0.3) is 0 Å². The summed E-state index contributed by atoms with van der Waals surface area (Å²) in [6.07, 6.45) is -0.235. The summed E-state index contributed by atoms with van der Waals surface area (Å²) in [5.74, 6) is -0.907. The van der Waals surface area contributed by atoms with Gasteiger partial charge in [0.15, 0.2) is 0 Å². The minimum Gasteiger partial charge on any atom is -0.495 e. The number of nitrogens with one attached hydrogen (secondary N) is 3. The van der Waals surface area contributed by atoms with Crippen molar-refractivity contribution in [2.75, 3.05) is 17.7 Å². The standard InChI is InChI=1S/C18H16ClN3O4/c1-26-15-7-6-10(19)8-13(15)20-16(23)9-14-18(25)21-12-5-3-2-4-11(12)17(24)22-14/h2-8,14H,9H2,1H3,(H,20,23)(H,21,25)(H,22,24). The molecule has 1 heterocycles. The summed E-state index contributed by atoms with van der Waals surface area (Å²) in [6, 6.07) is 10.4. The molecule has 3 rings (SSSR count). The van der Waals surface area contributed by atoms with E-state index in [1.807, 2.05) is 0 Å². The first-order valence-electron chi connectivity index (χ1n) is 7.82. The summed E-state index contributed by atoms with van der Waals surface area (Å²) in [7, 11) is 1.47. The van der Waals surface area contributed by atoms with Crippen LogP contribution in [0, 0.1) is 0 Å². The zero-order valence-corrected chi connectivity index (χ0v) is 14.6. The van der Waals surface area contributed by atoms with Crippen LogP contribution in [0.4, 0.5) is 11.4 Å². The Bertz CT molecular complexity index is 884. The highest BCUT2D eigenvalue weighted by Gasteiger charge is 2.29. The van der Waals surface area contributed by atoms with Crippen molar-refractivity contribution < 1.29 is 19.1 Å². The second-order valence-corrected chi connectivity index (χ2v) is 6.09. The highest BCUT2D eigenvalue weighted by atomic mass is 35.5. The molecule has 0 bridgehead atoms. The van der Waals surface area contributed by atoms with E-state index in [1.165, 1.54) is 7.11 Å². The lowest BCUT2D eigenvalue weighted by molar-refractivity contribution is -0.122. The maximum absolute atomic E-state index is 12.4. The van der Waals surface area contributed by atoms with Crippen LogP contribution in [0.5, 0.6) is 5.75 Å². The molecule has 2 aromatic carbocycles.